The molecule has 1 N–H and O–H groups in total. The maximum absolute atomic E-state index is 12.9. The van der Waals surface area contributed by atoms with Crippen molar-refractivity contribution in [3.8, 4) is 5.75 Å². The lowest BCUT2D eigenvalue weighted by molar-refractivity contribution is 0.0570. The van der Waals surface area contributed by atoms with Crippen molar-refractivity contribution in [3.63, 3.8) is 0 Å². The molecule has 1 fully saturated rings. The number of aryl methyl sites for hydroxylation is 1. The zero-order valence-electron chi connectivity index (χ0n) is 17.0. The van der Waals surface area contributed by atoms with E-state index in [1.165, 1.54) is 0 Å². The molecule has 2 aromatic rings. The first kappa shape index (κ1) is 20.4. The van der Waals surface area contributed by atoms with Crippen molar-refractivity contribution in [1.82, 2.24) is 14.8 Å². The lowest BCUT2D eigenvalue weighted by atomic mass is 10.2. The van der Waals surface area contributed by atoms with Gasteiger partial charge in [-0.3, -0.25) is 4.79 Å². The van der Waals surface area contributed by atoms with Gasteiger partial charge in [0, 0.05) is 37.9 Å². The molecule has 0 radical (unpaired) electrons. The van der Waals surface area contributed by atoms with E-state index in [2.05, 4.69) is 10.3 Å². The number of anilines is 2. The Labute approximate surface area is 170 Å². The monoisotopic (exact) mass is 398 g/mol. The lowest BCUT2D eigenvalue weighted by Gasteiger charge is -2.34. The van der Waals surface area contributed by atoms with Crippen LogP contribution in [-0.4, -0.2) is 66.7 Å². The molecule has 1 aromatic carbocycles. The molecular formula is C21H26N4O4. The highest BCUT2D eigenvalue weighted by Gasteiger charge is 2.25. The zero-order chi connectivity index (χ0) is 20.8. The van der Waals surface area contributed by atoms with E-state index in [-0.39, 0.29) is 12.0 Å². The van der Waals surface area contributed by atoms with Gasteiger partial charge in [-0.05, 0) is 43.7 Å². The summed E-state index contributed by atoms with van der Waals surface area (Å²) in [6.07, 6.45) is 1.27. The average Bonchev–Trinajstić information content (AvgIpc) is 2.74. The minimum Gasteiger partial charge on any atom is -0.495 e. The van der Waals surface area contributed by atoms with Crippen molar-refractivity contribution in [3.05, 3.63) is 47.7 Å². The van der Waals surface area contributed by atoms with Gasteiger partial charge >= 0.3 is 6.09 Å². The molecule has 8 nitrogen and oxygen atoms in total. The number of aromatic nitrogens is 1. The van der Waals surface area contributed by atoms with Crippen LogP contribution in [0.5, 0.6) is 5.75 Å². The van der Waals surface area contributed by atoms with Gasteiger partial charge in [0.25, 0.3) is 5.91 Å². The number of nitrogens with one attached hydrogen (secondary N) is 1. The second-order valence-electron chi connectivity index (χ2n) is 6.74. The predicted molar refractivity (Wildman–Crippen MR) is 110 cm³/mol. The molecule has 1 aliphatic heterocycles. The predicted octanol–water partition coefficient (Wildman–Crippen LogP) is 3.06. The minimum absolute atomic E-state index is 0.0878. The maximum atomic E-state index is 12.9. The van der Waals surface area contributed by atoms with Gasteiger partial charge in [-0.15, -0.1) is 0 Å². The molecule has 1 saturated heterocycles. The summed E-state index contributed by atoms with van der Waals surface area (Å²) in [6, 6.07) is 9.23. The largest absolute Gasteiger partial charge is 0.495 e. The third-order valence-corrected chi connectivity index (χ3v) is 4.72. The Hall–Kier alpha value is -3.29. The van der Waals surface area contributed by atoms with E-state index in [1.54, 1.807) is 42.2 Å². The Kier molecular flexibility index (Phi) is 6.54. The van der Waals surface area contributed by atoms with Crippen LogP contribution in [0.4, 0.5) is 16.3 Å². The number of methoxy groups -OCH3 is 1. The van der Waals surface area contributed by atoms with Crippen LogP contribution in [0.15, 0.2) is 36.5 Å². The van der Waals surface area contributed by atoms with Gasteiger partial charge in [0.15, 0.2) is 0 Å². The molecule has 29 heavy (non-hydrogen) atoms. The van der Waals surface area contributed by atoms with Crippen LogP contribution >= 0.6 is 0 Å². The fourth-order valence-electron chi connectivity index (χ4n) is 3.18. The van der Waals surface area contributed by atoms with Gasteiger partial charge in [0.2, 0.25) is 0 Å². The standard InChI is InChI=1S/C21H26N4O4/c1-4-29-21(27)25-11-9-24(10-12-25)20(26)16-7-8-22-19(14-16)23-17-13-15(2)5-6-18(17)28-3/h5-8,13-14H,4,9-12H2,1-3H3,(H,22,23). The smallest absolute Gasteiger partial charge is 0.409 e. The summed E-state index contributed by atoms with van der Waals surface area (Å²) in [7, 11) is 1.61. The van der Waals surface area contributed by atoms with E-state index < -0.39 is 0 Å². The molecule has 0 unspecified atom stereocenters. The summed E-state index contributed by atoms with van der Waals surface area (Å²) < 4.78 is 10.4. The maximum Gasteiger partial charge on any atom is 0.409 e. The molecule has 0 bridgehead atoms. The summed E-state index contributed by atoms with van der Waals surface area (Å²) in [6.45, 7) is 5.97. The van der Waals surface area contributed by atoms with Gasteiger partial charge < -0.3 is 24.6 Å². The topological polar surface area (TPSA) is 84.0 Å². The average molecular weight is 398 g/mol. The third-order valence-electron chi connectivity index (χ3n) is 4.72. The Bertz CT molecular complexity index is 879. The molecule has 0 atom stereocenters. The summed E-state index contributed by atoms with van der Waals surface area (Å²) in [4.78, 5) is 32.4. The minimum atomic E-state index is -0.331. The van der Waals surface area contributed by atoms with Crippen molar-refractivity contribution in [1.29, 1.82) is 0 Å². The summed E-state index contributed by atoms with van der Waals surface area (Å²) in [5.41, 5.74) is 2.41. The van der Waals surface area contributed by atoms with E-state index >= 15 is 0 Å². The van der Waals surface area contributed by atoms with Crippen LogP contribution in [-0.2, 0) is 4.74 Å². The molecule has 3 rings (SSSR count). The highest BCUT2D eigenvalue weighted by atomic mass is 16.6. The van der Waals surface area contributed by atoms with Gasteiger partial charge in [-0.2, -0.15) is 0 Å². The van der Waals surface area contributed by atoms with E-state index in [4.69, 9.17) is 9.47 Å². The van der Waals surface area contributed by atoms with E-state index in [0.29, 0.717) is 49.9 Å². The molecule has 2 amide bonds. The van der Waals surface area contributed by atoms with Crippen LogP contribution in [0.1, 0.15) is 22.8 Å². The van der Waals surface area contributed by atoms with Gasteiger partial charge in [0.1, 0.15) is 11.6 Å². The van der Waals surface area contributed by atoms with Crippen LogP contribution in [0, 0.1) is 6.92 Å². The SMILES string of the molecule is CCOC(=O)N1CCN(C(=O)c2ccnc(Nc3cc(C)ccc3OC)c2)CC1. The van der Waals surface area contributed by atoms with E-state index in [0.717, 1.165) is 11.3 Å². The molecule has 8 heteroatoms. The molecule has 1 aromatic heterocycles. The molecule has 2 heterocycles. The summed E-state index contributed by atoms with van der Waals surface area (Å²) in [5, 5.41) is 3.22. The number of rotatable bonds is 5. The fraction of sp³-hybridized carbons (Fsp3) is 0.381. The third kappa shape index (κ3) is 4.96. The van der Waals surface area contributed by atoms with Gasteiger partial charge in [-0.25, -0.2) is 9.78 Å². The Balaban J connectivity index is 1.68. The number of carbonyl (C=O) groups excluding carboxylic acids is 2. The normalized spacial score (nSPS) is 13.8. The first-order valence-corrected chi connectivity index (χ1v) is 9.60. The summed E-state index contributed by atoms with van der Waals surface area (Å²) >= 11 is 0. The van der Waals surface area contributed by atoms with Crippen LogP contribution in [0.3, 0.4) is 0 Å². The van der Waals surface area contributed by atoms with Gasteiger partial charge in [0.05, 0.1) is 19.4 Å². The molecule has 0 aliphatic carbocycles. The lowest BCUT2D eigenvalue weighted by Crippen LogP contribution is -2.50. The summed E-state index contributed by atoms with van der Waals surface area (Å²) in [5.74, 6) is 1.17. The number of hydrogen-bond donors (Lipinski definition) is 1. The highest BCUT2D eigenvalue weighted by molar-refractivity contribution is 5.95. The first-order valence-electron chi connectivity index (χ1n) is 9.60. The number of benzene rings is 1. The quantitative estimate of drug-likeness (QED) is 0.833. The zero-order valence-corrected chi connectivity index (χ0v) is 17.0. The molecule has 1 aliphatic rings. The van der Waals surface area contributed by atoms with Crippen molar-refractivity contribution >= 4 is 23.5 Å². The number of piperazine rings is 1. The Morgan fingerprint density at radius 2 is 1.83 bits per heavy atom. The van der Waals surface area contributed by atoms with Crippen molar-refractivity contribution in [2.75, 3.05) is 45.2 Å². The molecule has 0 saturated carbocycles. The molecular weight excluding hydrogens is 372 g/mol. The second kappa shape index (κ2) is 9.27. The Morgan fingerprint density at radius 1 is 1.10 bits per heavy atom. The van der Waals surface area contributed by atoms with E-state index in [1.807, 2.05) is 25.1 Å². The van der Waals surface area contributed by atoms with Crippen molar-refractivity contribution in [2.24, 2.45) is 0 Å². The van der Waals surface area contributed by atoms with E-state index in [9.17, 15) is 9.59 Å². The number of ether oxygens (including phenoxy) is 2. The molecule has 0 spiro atoms. The number of carbonyl (C=O) groups is 2. The second-order valence-corrected chi connectivity index (χ2v) is 6.74. The number of amides is 2. The number of pyridine rings is 1. The van der Waals surface area contributed by atoms with Crippen molar-refractivity contribution in [2.45, 2.75) is 13.8 Å². The first-order chi connectivity index (χ1) is 14.0. The Morgan fingerprint density at radius 3 is 2.52 bits per heavy atom. The number of hydrogen-bond acceptors (Lipinski definition) is 6. The van der Waals surface area contributed by atoms with Gasteiger partial charge in [-0.1, -0.05) is 6.07 Å². The highest BCUT2D eigenvalue weighted by Crippen LogP contribution is 2.28. The fourth-order valence-corrected chi connectivity index (χ4v) is 3.18. The molecule has 154 valence electrons. The van der Waals surface area contributed by atoms with Crippen molar-refractivity contribution < 1.29 is 19.1 Å². The van der Waals surface area contributed by atoms with Crippen LogP contribution in [0.25, 0.3) is 0 Å². The van der Waals surface area contributed by atoms with Crippen LogP contribution in [0.2, 0.25) is 0 Å². The number of nitrogens with zero attached hydrogens (tertiary/aromatic N) is 3. The van der Waals surface area contributed by atoms with Crippen LogP contribution < -0.4 is 10.1 Å².